The Morgan fingerprint density at radius 1 is 1.26 bits per heavy atom. The number of benzene rings is 1. The Morgan fingerprint density at radius 2 is 2.09 bits per heavy atom. The zero-order chi connectivity index (χ0) is 15.2. The molecule has 2 N–H and O–H groups in total. The predicted molar refractivity (Wildman–Crippen MR) is 92.5 cm³/mol. The van der Waals surface area contributed by atoms with E-state index in [0.717, 1.165) is 50.7 Å². The Hall–Kier alpha value is -1.43. The second kappa shape index (κ2) is 9.01. The van der Waals surface area contributed by atoms with Crippen molar-refractivity contribution in [3.63, 3.8) is 0 Å². The van der Waals surface area contributed by atoms with Crippen molar-refractivity contribution in [2.75, 3.05) is 19.6 Å². The van der Waals surface area contributed by atoms with E-state index in [9.17, 15) is 0 Å². The summed E-state index contributed by atoms with van der Waals surface area (Å²) in [6.07, 6.45) is 4.35. The first kappa shape index (κ1) is 17.9. The second-order valence-corrected chi connectivity index (χ2v) is 6.09. The number of likely N-dealkylation sites (tertiary alicyclic amines) is 1. The highest BCUT2D eigenvalue weighted by Crippen LogP contribution is 2.20. The fourth-order valence-corrected chi connectivity index (χ4v) is 3.16. The van der Waals surface area contributed by atoms with Gasteiger partial charge < -0.3 is 10.3 Å². The van der Waals surface area contributed by atoms with Crippen LogP contribution in [0.15, 0.2) is 34.9 Å². The lowest BCUT2D eigenvalue weighted by Gasteiger charge is -2.31. The average Bonchev–Trinajstić information content (AvgIpc) is 2.96. The Labute approximate surface area is 143 Å². The molecule has 1 aliphatic heterocycles. The van der Waals surface area contributed by atoms with Crippen LogP contribution in [0.4, 0.5) is 0 Å². The van der Waals surface area contributed by atoms with Crippen molar-refractivity contribution in [1.82, 2.24) is 15.0 Å². The Morgan fingerprint density at radius 3 is 2.87 bits per heavy atom. The summed E-state index contributed by atoms with van der Waals surface area (Å²) in [6, 6.07) is 10.2. The fourth-order valence-electron chi connectivity index (χ4n) is 3.16. The van der Waals surface area contributed by atoms with E-state index in [0.29, 0.717) is 5.92 Å². The number of nitrogens with zero attached hydrogens (tertiary/aromatic N) is 3. The van der Waals surface area contributed by atoms with E-state index in [2.05, 4.69) is 27.2 Å². The van der Waals surface area contributed by atoms with Gasteiger partial charge in [0.05, 0.1) is 6.54 Å². The lowest BCUT2D eigenvalue weighted by atomic mass is 9.95. The molecule has 1 aromatic carbocycles. The zero-order valence-electron chi connectivity index (χ0n) is 13.4. The van der Waals surface area contributed by atoms with Crippen LogP contribution in [-0.4, -0.2) is 34.7 Å². The van der Waals surface area contributed by atoms with Crippen LogP contribution in [-0.2, 0) is 13.0 Å². The van der Waals surface area contributed by atoms with Gasteiger partial charge in [-0.1, -0.05) is 35.5 Å². The molecule has 2 aromatic rings. The number of rotatable bonds is 6. The first-order chi connectivity index (χ1) is 10.8. The second-order valence-electron chi connectivity index (χ2n) is 6.09. The van der Waals surface area contributed by atoms with Gasteiger partial charge in [-0.3, -0.25) is 4.90 Å². The zero-order valence-corrected chi connectivity index (χ0v) is 14.2. The molecular weight excluding hydrogens is 312 g/mol. The van der Waals surface area contributed by atoms with Gasteiger partial charge >= 0.3 is 0 Å². The largest absolute Gasteiger partial charge is 0.338 e. The van der Waals surface area contributed by atoms with E-state index in [1.807, 2.05) is 18.2 Å². The summed E-state index contributed by atoms with van der Waals surface area (Å²) >= 11 is 0. The fraction of sp³-hybridized carbons (Fsp3) is 0.529. The number of nitrogens with two attached hydrogens (primary N) is 1. The van der Waals surface area contributed by atoms with Crippen LogP contribution in [0.1, 0.15) is 36.5 Å². The summed E-state index contributed by atoms with van der Waals surface area (Å²) in [4.78, 5) is 6.93. The van der Waals surface area contributed by atoms with Gasteiger partial charge in [0.25, 0.3) is 0 Å². The SMILES string of the molecule is Cl.NCCC1CCCN(Cc2nc(Cc3ccccc3)no2)C1. The summed E-state index contributed by atoms with van der Waals surface area (Å²) in [5.41, 5.74) is 6.88. The normalized spacial score (nSPS) is 18.6. The molecule has 1 atom stereocenters. The first-order valence-corrected chi connectivity index (χ1v) is 8.11. The maximum absolute atomic E-state index is 5.67. The molecule has 1 aromatic heterocycles. The Kier molecular flexibility index (Phi) is 7.02. The molecule has 0 radical (unpaired) electrons. The van der Waals surface area contributed by atoms with Crippen LogP contribution < -0.4 is 5.73 Å². The number of hydrogen-bond donors (Lipinski definition) is 1. The molecule has 2 heterocycles. The number of halogens is 1. The lowest BCUT2D eigenvalue weighted by Crippen LogP contribution is -2.35. The van der Waals surface area contributed by atoms with Crippen molar-refractivity contribution in [2.45, 2.75) is 32.2 Å². The molecule has 0 saturated carbocycles. The molecule has 1 fully saturated rings. The smallest absolute Gasteiger partial charge is 0.240 e. The maximum atomic E-state index is 5.67. The predicted octanol–water partition coefficient (Wildman–Crippen LogP) is 2.64. The first-order valence-electron chi connectivity index (χ1n) is 8.11. The van der Waals surface area contributed by atoms with Crippen LogP contribution in [0.3, 0.4) is 0 Å². The van der Waals surface area contributed by atoms with E-state index in [-0.39, 0.29) is 12.4 Å². The molecule has 126 valence electrons. The minimum Gasteiger partial charge on any atom is -0.338 e. The van der Waals surface area contributed by atoms with E-state index in [1.165, 1.54) is 18.4 Å². The van der Waals surface area contributed by atoms with Crippen molar-refractivity contribution in [3.05, 3.63) is 47.6 Å². The molecule has 6 heteroatoms. The summed E-state index contributed by atoms with van der Waals surface area (Å²) in [5.74, 6) is 2.20. The summed E-state index contributed by atoms with van der Waals surface area (Å²) in [6.45, 7) is 3.73. The molecular formula is C17H25ClN4O. The Bertz CT molecular complexity index is 573. The van der Waals surface area contributed by atoms with Gasteiger partial charge in [-0.25, -0.2) is 0 Å². The lowest BCUT2D eigenvalue weighted by molar-refractivity contribution is 0.146. The monoisotopic (exact) mass is 336 g/mol. The highest BCUT2D eigenvalue weighted by molar-refractivity contribution is 5.85. The number of aromatic nitrogens is 2. The van der Waals surface area contributed by atoms with Crippen molar-refractivity contribution < 1.29 is 4.52 Å². The number of piperidine rings is 1. The third kappa shape index (κ3) is 5.30. The molecule has 1 aliphatic rings. The van der Waals surface area contributed by atoms with Crippen LogP contribution in [0.5, 0.6) is 0 Å². The van der Waals surface area contributed by atoms with Crippen molar-refractivity contribution in [2.24, 2.45) is 11.7 Å². The number of hydrogen-bond acceptors (Lipinski definition) is 5. The molecule has 0 amide bonds. The molecule has 0 bridgehead atoms. The van der Waals surface area contributed by atoms with E-state index in [4.69, 9.17) is 10.3 Å². The molecule has 1 unspecified atom stereocenters. The van der Waals surface area contributed by atoms with Crippen LogP contribution in [0, 0.1) is 5.92 Å². The van der Waals surface area contributed by atoms with Gasteiger partial charge in [0.2, 0.25) is 5.89 Å². The van der Waals surface area contributed by atoms with Gasteiger partial charge in [-0.15, -0.1) is 12.4 Å². The molecule has 23 heavy (non-hydrogen) atoms. The summed E-state index contributed by atoms with van der Waals surface area (Å²) in [5, 5.41) is 4.10. The molecule has 3 rings (SSSR count). The van der Waals surface area contributed by atoms with Crippen LogP contribution in [0.2, 0.25) is 0 Å². The van der Waals surface area contributed by atoms with Gasteiger partial charge in [-0.05, 0) is 43.8 Å². The van der Waals surface area contributed by atoms with Crippen LogP contribution in [0.25, 0.3) is 0 Å². The van der Waals surface area contributed by atoms with E-state index in [1.54, 1.807) is 0 Å². The molecule has 1 saturated heterocycles. The van der Waals surface area contributed by atoms with E-state index >= 15 is 0 Å². The van der Waals surface area contributed by atoms with Gasteiger partial charge in [0, 0.05) is 13.0 Å². The van der Waals surface area contributed by atoms with Crippen molar-refractivity contribution in [3.8, 4) is 0 Å². The highest BCUT2D eigenvalue weighted by atomic mass is 35.5. The quantitative estimate of drug-likeness (QED) is 0.878. The summed E-state index contributed by atoms with van der Waals surface area (Å²) < 4.78 is 5.41. The standard InChI is InChI=1S/C17H24N4O.ClH/c18-9-8-15-7-4-10-21(12-15)13-17-19-16(20-22-17)11-14-5-2-1-3-6-14;/h1-3,5-6,15H,4,7-13,18H2;1H. The summed E-state index contributed by atoms with van der Waals surface area (Å²) in [7, 11) is 0. The van der Waals surface area contributed by atoms with Crippen molar-refractivity contribution in [1.29, 1.82) is 0 Å². The van der Waals surface area contributed by atoms with Gasteiger partial charge in [0.1, 0.15) is 0 Å². The minimum atomic E-state index is 0. The van der Waals surface area contributed by atoms with Crippen LogP contribution >= 0.6 is 12.4 Å². The molecule has 0 spiro atoms. The Balaban J connectivity index is 0.00000192. The molecule has 0 aliphatic carbocycles. The molecule has 5 nitrogen and oxygen atoms in total. The average molecular weight is 337 g/mol. The highest BCUT2D eigenvalue weighted by Gasteiger charge is 2.21. The maximum Gasteiger partial charge on any atom is 0.240 e. The minimum absolute atomic E-state index is 0. The third-order valence-electron chi connectivity index (χ3n) is 4.25. The van der Waals surface area contributed by atoms with Gasteiger partial charge in [0.15, 0.2) is 5.82 Å². The van der Waals surface area contributed by atoms with E-state index < -0.39 is 0 Å². The topological polar surface area (TPSA) is 68.2 Å². The third-order valence-corrected chi connectivity index (χ3v) is 4.25. The van der Waals surface area contributed by atoms with Gasteiger partial charge in [-0.2, -0.15) is 4.98 Å². The van der Waals surface area contributed by atoms with Crippen molar-refractivity contribution >= 4 is 12.4 Å².